The first kappa shape index (κ1) is 28.5. The number of hydroxylamine groups is 1. The highest BCUT2D eigenvalue weighted by molar-refractivity contribution is 7.92. The van der Waals surface area contributed by atoms with Crippen molar-refractivity contribution in [2.24, 2.45) is 5.92 Å². The fraction of sp³-hybridized carbons (Fsp3) is 0.556. The Kier molecular flexibility index (Phi) is 9.45. The molecular formula is C27H37N3O6S2. The van der Waals surface area contributed by atoms with Crippen LogP contribution in [0, 0.1) is 5.92 Å². The minimum Gasteiger partial charge on any atom is -0.350 e. The molecule has 208 valence electrons. The van der Waals surface area contributed by atoms with Gasteiger partial charge in [0.1, 0.15) is 4.75 Å². The molecule has 1 unspecified atom stereocenters. The van der Waals surface area contributed by atoms with Crippen LogP contribution in [0.15, 0.2) is 36.4 Å². The van der Waals surface area contributed by atoms with E-state index >= 15 is 0 Å². The molecule has 2 aromatic rings. The first-order valence-corrected chi connectivity index (χ1v) is 15.7. The molecule has 3 amide bonds. The summed E-state index contributed by atoms with van der Waals surface area (Å²) in [5, 5.41) is 5.68. The van der Waals surface area contributed by atoms with Gasteiger partial charge >= 0.3 is 6.03 Å². The Balaban J connectivity index is 1.52. The molecule has 0 spiro atoms. The quantitative estimate of drug-likeness (QED) is 0.371. The van der Waals surface area contributed by atoms with Gasteiger partial charge in [0.25, 0.3) is 0 Å². The monoisotopic (exact) mass is 563 g/mol. The van der Waals surface area contributed by atoms with E-state index in [0.717, 1.165) is 29.7 Å². The number of hydrogen-bond acceptors (Lipinski definition) is 7. The second kappa shape index (κ2) is 12.6. The number of sulfone groups is 1. The molecule has 0 saturated carbocycles. The van der Waals surface area contributed by atoms with Gasteiger partial charge in [0.2, 0.25) is 5.91 Å². The molecule has 1 aromatic heterocycles. The van der Waals surface area contributed by atoms with Crippen LogP contribution >= 0.6 is 11.3 Å². The SMILES string of the molecule is CC(C)CNC(=O)Nc1cccc(-c2ccc([C@@]3(CC(=O)NOC4CCCCO4)CCCCS3(=O)=O)s2)c1. The van der Waals surface area contributed by atoms with E-state index in [2.05, 4.69) is 16.1 Å². The van der Waals surface area contributed by atoms with E-state index in [1.54, 1.807) is 6.07 Å². The van der Waals surface area contributed by atoms with Crippen LogP contribution in [-0.2, 0) is 29.0 Å². The van der Waals surface area contributed by atoms with Crippen LogP contribution in [0.1, 0.15) is 63.7 Å². The molecule has 2 saturated heterocycles. The Hall–Kier alpha value is -2.47. The maximum atomic E-state index is 13.5. The summed E-state index contributed by atoms with van der Waals surface area (Å²) in [7, 11) is -3.59. The molecule has 9 nitrogen and oxygen atoms in total. The number of anilines is 1. The Bertz CT molecular complexity index is 1220. The third-order valence-corrected chi connectivity index (χ3v) is 10.9. The molecule has 3 heterocycles. The zero-order valence-corrected chi connectivity index (χ0v) is 23.6. The number of nitrogens with one attached hydrogen (secondary N) is 3. The zero-order chi connectivity index (χ0) is 27.2. The molecule has 2 aliphatic heterocycles. The third-order valence-electron chi connectivity index (χ3n) is 6.86. The molecular weight excluding hydrogens is 526 g/mol. The van der Waals surface area contributed by atoms with E-state index in [1.807, 2.05) is 44.2 Å². The molecule has 38 heavy (non-hydrogen) atoms. The minimum atomic E-state index is -3.59. The van der Waals surface area contributed by atoms with Gasteiger partial charge < -0.3 is 15.4 Å². The van der Waals surface area contributed by atoms with Crippen molar-refractivity contribution in [2.75, 3.05) is 24.2 Å². The van der Waals surface area contributed by atoms with E-state index in [0.29, 0.717) is 48.9 Å². The summed E-state index contributed by atoms with van der Waals surface area (Å²) in [6, 6.07) is 10.8. The Morgan fingerprint density at radius 1 is 1.16 bits per heavy atom. The highest BCUT2D eigenvalue weighted by Crippen LogP contribution is 2.47. The predicted molar refractivity (Wildman–Crippen MR) is 148 cm³/mol. The maximum Gasteiger partial charge on any atom is 0.319 e. The lowest BCUT2D eigenvalue weighted by molar-refractivity contribution is -0.200. The lowest BCUT2D eigenvalue weighted by Gasteiger charge is -2.35. The minimum absolute atomic E-state index is 0.0466. The standard InChI is InChI=1S/C27H37N3O6S2/c1-19(2)18-28-26(32)29-21-9-7-8-20(16-21)22-11-12-23(37-22)27(13-4-6-15-38(27,33)34)17-24(31)30-36-25-10-3-5-14-35-25/h7-9,11-12,16,19,25H,3-6,10,13-15,17-18H2,1-2H3,(H,30,31)(H2,28,29,32)/t25?,27-/m0/s1. The smallest absolute Gasteiger partial charge is 0.319 e. The molecule has 2 atom stereocenters. The third kappa shape index (κ3) is 6.93. The average Bonchev–Trinajstić information content (AvgIpc) is 3.39. The summed E-state index contributed by atoms with van der Waals surface area (Å²) in [5.41, 5.74) is 3.94. The predicted octanol–water partition coefficient (Wildman–Crippen LogP) is 4.95. The fourth-order valence-electron chi connectivity index (χ4n) is 4.81. The van der Waals surface area contributed by atoms with Crippen molar-refractivity contribution in [3.05, 3.63) is 41.3 Å². The zero-order valence-electron chi connectivity index (χ0n) is 22.0. The molecule has 0 radical (unpaired) electrons. The van der Waals surface area contributed by atoms with E-state index in [-0.39, 0.29) is 18.2 Å². The molecule has 2 fully saturated rings. The van der Waals surface area contributed by atoms with Crippen LogP contribution in [0.5, 0.6) is 0 Å². The number of thiophene rings is 1. The van der Waals surface area contributed by atoms with Crippen molar-refractivity contribution in [2.45, 2.75) is 69.8 Å². The van der Waals surface area contributed by atoms with Crippen LogP contribution in [0.25, 0.3) is 10.4 Å². The number of rotatable bonds is 9. The van der Waals surface area contributed by atoms with E-state index in [1.165, 1.54) is 11.3 Å². The molecule has 11 heteroatoms. The van der Waals surface area contributed by atoms with Gasteiger partial charge in [-0.05, 0) is 61.4 Å². The highest BCUT2D eigenvalue weighted by Gasteiger charge is 2.49. The topological polar surface area (TPSA) is 123 Å². The number of benzene rings is 1. The van der Waals surface area contributed by atoms with Gasteiger partial charge in [-0.1, -0.05) is 32.4 Å². The molecule has 3 N–H and O–H groups in total. The van der Waals surface area contributed by atoms with Crippen LogP contribution in [-0.4, -0.2) is 45.6 Å². The van der Waals surface area contributed by atoms with Gasteiger partial charge in [-0.15, -0.1) is 11.3 Å². The maximum absolute atomic E-state index is 13.5. The Labute approximate surface area is 228 Å². The number of urea groups is 1. The van der Waals surface area contributed by atoms with Crippen LogP contribution in [0.3, 0.4) is 0 Å². The van der Waals surface area contributed by atoms with Crippen molar-refractivity contribution in [1.29, 1.82) is 0 Å². The normalized spacial score (nSPS) is 23.1. The van der Waals surface area contributed by atoms with Gasteiger partial charge in [-0.25, -0.2) is 23.5 Å². The Morgan fingerprint density at radius 3 is 2.74 bits per heavy atom. The van der Waals surface area contributed by atoms with E-state index in [4.69, 9.17) is 9.57 Å². The lowest BCUT2D eigenvalue weighted by Crippen LogP contribution is -2.45. The van der Waals surface area contributed by atoms with Gasteiger partial charge in [0.05, 0.1) is 12.2 Å². The molecule has 0 aliphatic carbocycles. The number of ether oxygens (including phenoxy) is 1. The molecule has 1 aromatic carbocycles. The van der Waals surface area contributed by atoms with Gasteiger partial charge in [-0.3, -0.25) is 4.79 Å². The summed E-state index contributed by atoms with van der Waals surface area (Å²) < 4.78 is 31.2. The van der Waals surface area contributed by atoms with Crippen LogP contribution in [0.4, 0.5) is 10.5 Å². The number of carbonyl (C=O) groups excluding carboxylic acids is 2. The van der Waals surface area contributed by atoms with Gasteiger partial charge in [0, 0.05) is 35.0 Å². The van der Waals surface area contributed by atoms with E-state index < -0.39 is 26.8 Å². The number of amides is 3. The van der Waals surface area contributed by atoms with Crippen molar-refractivity contribution in [1.82, 2.24) is 10.8 Å². The van der Waals surface area contributed by atoms with Crippen LogP contribution in [0.2, 0.25) is 0 Å². The Morgan fingerprint density at radius 2 is 2.00 bits per heavy atom. The molecule has 2 aliphatic rings. The van der Waals surface area contributed by atoms with Crippen molar-refractivity contribution in [3.63, 3.8) is 0 Å². The highest BCUT2D eigenvalue weighted by atomic mass is 32.2. The first-order chi connectivity index (χ1) is 18.2. The van der Waals surface area contributed by atoms with Crippen molar-refractivity contribution < 1.29 is 27.6 Å². The lowest BCUT2D eigenvalue weighted by atomic mass is 9.94. The van der Waals surface area contributed by atoms with Gasteiger partial charge in [-0.2, -0.15) is 0 Å². The fourth-order valence-corrected chi connectivity index (χ4v) is 8.58. The largest absolute Gasteiger partial charge is 0.350 e. The summed E-state index contributed by atoms with van der Waals surface area (Å²) >= 11 is 1.37. The summed E-state index contributed by atoms with van der Waals surface area (Å²) in [4.78, 5) is 32.1. The van der Waals surface area contributed by atoms with Crippen molar-refractivity contribution in [3.8, 4) is 10.4 Å². The molecule has 0 bridgehead atoms. The second-order valence-electron chi connectivity index (χ2n) is 10.4. The second-order valence-corrected chi connectivity index (χ2v) is 13.9. The average molecular weight is 564 g/mol. The van der Waals surface area contributed by atoms with Crippen LogP contribution < -0.4 is 16.1 Å². The summed E-state index contributed by atoms with van der Waals surface area (Å²) in [6.07, 6.45) is 3.56. The number of hydrogen-bond donors (Lipinski definition) is 3. The first-order valence-electron chi connectivity index (χ1n) is 13.2. The number of carbonyl (C=O) groups is 2. The molecule has 4 rings (SSSR count). The van der Waals surface area contributed by atoms with Gasteiger partial charge in [0.15, 0.2) is 16.1 Å². The summed E-state index contributed by atoms with van der Waals surface area (Å²) in [5.74, 6) is -0.0854. The van der Waals surface area contributed by atoms with Crippen molar-refractivity contribution >= 4 is 38.8 Å². The van der Waals surface area contributed by atoms with E-state index in [9.17, 15) is 18.0 Å². The summed E-state index contributed by atoms with van der Waals surface area (Å²) in [6.45, 7) is 5.20.